The summed E-state index contributed by atoms with van der Waals surface area (Å²) in [5, 5.41) is 0. The summed E-state index contributed by atoms with van der Waals surface area (Å²) in [6, 6.07) is 6.35. The Hall–Kier alpha value is -0.740. The summed E-state index contributed by atoms with van der Waals surface area (Å²) in [5.41, 5.74) is 2.47. The van der Waals surface area contributed by atoms with Gasteiger partial charge in [-0.15, -0.1) is 0 Å². The van der Waals surface area contributed by atoms with Gasteiger partial charge in [-0.05, 0) is 36.6 Å². The quantitative estimate of drug-likeness (QED) is 0.540. The van der Waals surface area contributed by atoms with Crippen LogP contribution in [0.25, 0.3) is 0 Å². The van der Waals surface area contributed by atoms with Crippen LogP contribution in [0.1, 0.15) is 50.7 Å². The summed E-state index contributed by atoms with van der Waals surface area (Å²) >= 11 is 3.54. The van der Waals surface area contributed by atoms with Crippen molar-refractivity contribution in [3.8, 4) is 11.8 Å². The standard InChI is InChI=1S/C15H19Br/c1-3-5-6-7-8-9-13-10-11-15(16)14(4-2)12-13/h10-12H,3-7H2,1-2H3. The van der Waals surface area contributed by atoms with Crippen LogP contribution in [0.5, 0.6) is 0 Å². The zero-order chi connectivity index (χ0) is 11.8. The number of unbranched alkanes of at least 4 members (excludes halogenated alkanes) is 3. The molecule has 0 aliphatic heterocycles. The summed E-state index contributed by atoms with van der Waals surface area (Å²) < 4.78 is 1.19. The van der Waals surface area contributed by atoms with Crippen LogP contribution in [0, 0.1) is 11.8 Å². The van der Waals surface area contributed by atoms with Gasteiger partial charge >= 0.3 is 0 Å². The number of aryl methyl sites for hydroxylation is 1. The van der Waals surface area contributed by atoms with E-state index >= 15 is 0 Å². The molecule has 1 aromatic rings. The van der Waals surface area contributed by atoms with Crippen molar-refractivity contribution in [3.63, 3.8) is 0 Å². The van der Waals surface area contributed by atoms with Crippen molar-refractivity contribution in [2.45, 2.75) is 46.0 Å². The van der Waals surface area contributed by atoms with Gasteiger partial charge in [0.05, 0.1) is 0 Å². The fraction of sp³-hybridized carbons (Fsp3) is 0.467. The van der Waals surface area contributed by atoms with Crippen LogP contribution in [-0.2, 0) is 6.42 Å². The summed E-state index contributed by atoms with van der Waals surface area (Å²) in [4.78, 5) is 0. The van der Waals surface area contributed by atoms with Crippen LogP contribution < -0.4 is 0 Å². The van der Waals surface area contributed by atoms with Crippen molar-refractivity contribution < 1.29 is 0 Å². The molecule has 0 heterocycles. The molecule has 1 aromatic carbocycles. The van der Waals surface area contributed by atoms with E-state index in [4.69, 9.17) is 0 Å². The Labute approximate surface area is 108 Å². The Balaban J connectivity index is 2.59. The molecule has 0 nitrogen and oxygen atoms in total. The van der Waals surface area contributed by atoms with E-state index in [1.165, 1.54) is 29.3 Å². The average molecular weight is 279 g/mol. The van der Waals surface area contributed by atoms with E-state index in [2.05, 4.69) is 59.8 Å². The van der Waals surface area contributed by atoms with Gasteiger partial charge in [0.1, 0.15) is 0 Å². The topological polar surface area (TPSA) is 0 Å². The van der Waals surface area contributed by atoms with Crippen LogP contribution in [0.2, 0.25) is 0 Å². The monoisotopic (exact) mass is 278 g/mol. The highest BCUT2D eigenvalue weighted by molar-refractivity contribution is 9.10. The summed E-state index contributed by atoms with van der Waals surface area (Å²) in [6.45, 7) is 4.38. The van der Waals surface area contributed by atoms with Crippen molar-refractivity contribution in [1.29, 1.82) is 0 Å². The number of halogens is 1. The molecule has 0 radical (unpaired) electrons. The maximum atomic E-state index is 3.54. The molecule has 1 rings (SSSR count). The predicted octanol–water partition coefficient (Wildman–Crippen LogP) is 4.94. The highest BCUT2D eigenvalue weighted by Gasteiger charge is 1.97. The van der Waals surface area contributed by atoms with Gasteiger partial charge in [-0.3, -0.25) is 0 Å². The Morgan fingerprint density at radius 1 is 1.19 bits per heavy atom. The minimum absolute atomic E-state index is 1.02. The van der Waals surface area contributed by atoms with Gasteiger partial charge in [-0.1, -0.05) is 54.5 Å². The van der Waals surface area contributed by atoms with Crippen LogP contribution in [0.3, 0.4) is 0 Å². The second-order valence-electron chi connectivity index (χ2n) is 3.92. The first-order valence-corrected chi connectivity index (χ1v) is 6.84. The molecular formula is C15H19Br. The predicted molar refractivity (Wildman–Crippen MR) is 74.5 cm³/mol. The minimum atomic E-state index is 1.02. The summed E-state index contributed by atoms with van der Waals surface area (Å²) in [6.07, 6.45) is 5.84. The van der Waals surface area contributed by atoms with Gasteiger partial charge in [0.25, 0.3) is 0 Å². The molecule has 0 bridgehead atoms. The van der Waals surface area contributed by atoms with Gasteiger partial charge < -0.3 is 0 Å². The summed E-state index contributed by atoms with van der Waals surface area (Å²) in [7, 11) is 0. The first-order valence-electron chi connectivity index (χ1n) is 6.05. The maximum absolute atomic E-state index is 3.54. The van der Waals surface area contributed by atoms with E-state index in [0.717, 1.165) is 18.4 Å². The molecule has 0 saturated carbocycles. The van der Waals surface area contributed by atoms with E-state index in [9.17, 15) is 0 Å². The van der Waals surface area contributed by atoms with Gasteiger partial charge in [0.2, 0.25) is 0 Å². The van der Waals surface area contributed by atoms with Crippen molar-refractivity contribution >= 4 is 15.9 Å². The fourth-order valence-electron chi connectivity index (χ4n) is 1.55. The lowest BCUT2D eigenvalue weighted by Gasteiger charge is -2.00. The van der Waals surface area contributed by atoms with E-state index in [1.807, 2.05) is 0 Å². The van der Waals surface area contributed by atoms with Crippen LogP contribution >= 0.6 is 15.9 Å². The molecule has 0 aliphatic rings. The molecule has 0 fully saturated rings. The van der Waals surface area contributed by atoms with Crippen molar-refractivity contribution in [2.75, 3.05) is 0 Å². The van der Waals surface area contributed by atoms with Gasteiger partial charge in [-0.2, -0.15) is 0 Å². The first-order chi connectivity index (χ1) is 7.77. The SMILES string of the molecule is CCCCCC#Cc1ccc(Br)c(CC)c1. The lowest BCUT2D eigenvalue weighted by Crippen LogP contribution is -1.84. The van der Waals surface area contributed by atoms with E-state index in [-0.39, 0.29) is 0 Å². The zero-order valence-electron chi connectivity index (χ0n) is 10.1. The second kappa shape index (κ2) is 7.52. The van der Waals surface area contributed by atoms with Gasteiger partial charge in [0, 0.05) is 16.5 Å². The largest absolute Gasteiger partial charge is 0.0979 e. The molecule has 0 atom stereocenters. The average Bonchev–Trinajstić information content (AvgIpc) is 2.31. The molecule has 1 heteroatoms. The third kappa shape index (κ3) is 4.41. The Bertz CT molecular complexity index is 382. The number of benzene rings is 1. The van der Waals surface area contributed by atoms with Gasteiger partial charge in [0.15, 0.2) is 0 Å². The van der Waals surface area contributed by atoms with E-state index in [0.29, 0.717) is 0 Å². The van der Waals surface area contributed by atoms with Gasteiger partial charge in [-0.25, -0.2) is 0 Å². The molecule has 0 amide bonds. The zero-order valence-corrected chi connectivity index (χ0v) is 11.7. The Morgan fingerprint density at radius 3 is 2.69 bits per heavy atom. The van der Waals surface area contributed by atoms with Crippen molar-refractivity contribution in [2.24, 2.45) is 0 Å². The molecule has 0 aliphatic carbocycles. The van der Waals surface area contributed by atoms with Crippen molar-refractivity contribution in [3.05, 3.63) is 33.8 Å². The number of hydrogen-bond acceptors (Lipinski definition) is 0. The third-order valence-electron chi connectivity index (χ3n) is 2.56. The first kappa shape index (κ1) is 13.3. The fourth-order valence-corrected chi connectivity index (χ4v) is 2.08. The molecular weight excluding hydrogens is 260 g/mol. The van der Waals surface area contributed by atoms with E-state index < -0.39 is 0 Å². The lowest BCUT2D eigenvalue weighted by atomic mass is 10.1. The second-order valence-corrected chi connectivity index (χ2v) is 4.77. The maximum Gasteiger partial charge on any atom is 0.0248 e. The number of rotatable bonds is 4. The normalized spacial score (nSPS) is 9.69. The molecule has 0 N–H and O–H groups in total. The molecule has 0 unspecified atom stereocenters. The molecule has 0 aromatic heterocycles. The van der Waals surface area contributed by atoms with Crippen LogP contribution in [-0.4, -0.2) is 0 Å². The molecule has 16 heavy (non-hydrogen) atoms. The highest BCUT2D eigenvalue weighted by atomic mass is 79.9. The smallest absolute Gasteiger partial charge is 0.0248 e. The third-order valence-corrected chi connectivity index (χ3v) is 3.34. The number of hydrogen-bond donors (Lipinski definition) is 0. The van der Waals surface area contributed by atoms with E-state index in [1.54, 1.807) is 0 Å². The highest BCUT2D eigenvalue weighted by Crippen LogP contribution is 2.18. The molecule has 86 valence electrons. The summed E-state index contributed by atoms with van der Waals surface area (Å²) in [5.74, 6) is 6.48. The Kier molecular flexibility index (Phi) is 6.26. The minimum Gasteiger partial charge on any atom is -0.0979 e. The molecule has 0 saturated heterocycles. The van der Waals surface area contributed by atoms with Crippen LogP contribution in [0.15, 0.2) is 22.7 Å². The Morgan fingerprint density at radius 2 is 2.00 bits per heavy atom. The lowest BCUT2D eigenvalue weighted by molar-refractivity contribution is 0.737. The van der Waals surface area contributed by atoms with Crippen molar-refractivity contribution in [1.82, 2.24) is 0 Å². The van der Waals surface area contributed by atoms with Crippen LogP contribution in [0.4, 0.5) is 0 Å². The molecule has 0 spiro atoms.